The fourth-order valence-electron chi connectivity index (χ4n) is 1.20. The molecule has 1 aromatic rings. The number of aromatic hydroxyl groups is 1. The van der Waals surface area contributed by atoms with E-state index in [-0.39, 0.29) is 11.7 Å². The van der Waals surface area contributed by atoms with E-state index < -0.39 is 0 Å². The minimum atomic E-state index is -0.304. The second-order valence-corrected chi connectivity index (χ2v) is 3.42. The third kappa shape index (κ3) is 3.21. The van der Waals surface area contributed by atoms with Crippen molar-refractivity contribution < 1.29 is 9.90 Å². The molecular weight excluding hydrogens is 216 g/mol. The Balaban J connectivity index is 3.11. The van der Waals surface area contributed by atoms with Gasteiger partial charge in [-0.2, -0.15) is 5.26 Å². The lowest BCUT2D eigenvalue weighted by molar-refractivity contribution is -0.114. The van der Waals surface area contributed by atoms with E-state index in [1.54, 1.807) is 19.1 Å². The Kier molecular flexibility index (Phi) is 4.07. The molecule has 0 saturated carbocycles. The summed E-state index contributed by atoms with van der Waals surface area (Å²) in [6.45, 7) is 5.16. The van der Waals surface area contributed by atoms with Gasteiger partial charge in [0.05, 0.1) is 6.07 Å². The van der Waals surface area contributed by atoms with E-state index in [2.05, 4.69) is 6.58 Å². The van der Waals surface area contributed by atoms with Crippen LogP contribution in [0.5, 0.6) is 5.75 Å². The molecule has 4 nitrogen and oxygen atoms in total. The number of phenolic OH excluding ortho intramolecular Hbond substituents is 1. The van der Waals surface area contributed by atoms with Crippen LogP contribution < -0.4 is 4.90 Å². The van der Waals surface area contributed by atoms with Crippen molar-refractivity contribution in [2.75, 3.05) is 4.90 Å². The summed E-state index contributed by atoms with van der Waals surface area (Å²) in [5.41, 5.74) is 0.919. The average molecular weight is 228 g/mol. The molecule has 0 saturated heterocycles. The van der Waals surface area contributed by atoms with Crippen LogP contribution in [0.25, 0.3) is 0 Å². The van der Waals surface area contributed by atoms with Crippen molar-refractivity contribution in [3.63, 3.8) is 0 Å². The van der Waals surface area contributed by atoms with Crippen LogP contribution in [0.4, 0.5) is 5.69 Å². The zero-order valence-corrected chi connectivity index (χ0v) is 9.42. The predicted octanol–water partition coefficient (Wildman–Crippen LogP) is 2.34. The van der Waals surface area contributed by atoms with Crippen molar-refractivity contribution >= 4 is 11.6 Å². The molecule has 1 rings (SSSR count). The number of allylic oxidation sites excluding steroid dienone is 1. The molecule has 4 heteroatoms. The zero-order chi connectivity index (χ0) is 12.8. The minimum Gasteiger partial charge on any atom is -0.508 e. The topological polar surface area (TPSA) is 64.3 Å². The summed E-state index contributed by atoms with van der Waals surface area (Å²) in [7, 11) is 0. The Morgan fingerprint density at radius 1 is 1.47 bits per heavy atom. The molecule has 0 fully saturated rings. The summed E-state index contributed by atoms with van der Waals surface area (Å²) in [5, 5.41) is 17.7. The molecule has 1 amide bonds. The van der Waals surface area contributed by atoms with Crippen LogP contribution in [0.15, 0.2) is 48.7 Å². The van der Waals surface area contributed by atoms with Gasteiger partial charge < -0.3 is 5.11 Å². The van der Waals surface area contributed by atoms with Gasteiger partial charge in [-0.3, -0.25) is 9.69 Å². The van der Waals surface area contributed by atoms with Gasteiger partial charge in [-0.05, 0) is 31.2 Å². The predicted molar refractivity (Wildman–Crippen MR) is 65.2 cm³/mol. The Labute approximate surface area is 99.7 Å². The number of nitrogens with zero attached hydrogens (tertiary/aromatic N) is 2. The molecule has 86 valence electrons. The Bertz CT molecular complexity index is 495. The highest BCUT2D eigenvalue weighted by Gasteiger charge is 2.13. The van der Waals surface area contributed by atoms with Crippen LogP contribution >= 0.6 is 0 Å². The summed E-state index contributed by atoms with van der Waals surface area (Å²) < 4.78 is 0. The van der Waals surface area contributed by atoms with Gasteiger partial charge in [-0.25, -0.2) is 0 Å². The quantitative estimate of drug-likeness (QED) is 0.638. The normalized spacial score (nSPS) is 9.88. The first-order valence-corrected chi connectivity index (χ1v) is 4.90. The van der Waals surface area contributed by atoms with Gasteiger partial charge in [0, 0.05) is 23.5 Å². The number of hydrogen-bond donors (Lipinski definition) is 1. The zero-order valence-electron chi connectivity index (χ0n) is 9.42. The third-order valence-electron chi connectivity index (χ3n) is 2.01. The number of rotatable bonds is 3. The molecule has 0 spiro atoms. The molecule has 1 aromatic carbocycles. The molecule has 0 radical (unpaired) electrons. The molecule has 0 atom stereocenters. The van der Waals surface area contributed by atoms with Gasteiger partial charge in [0.2, 0.25) is 0 Å². The fourth-order valence-corrected chi connectivity index (χ4v) is 1.20. The number of nitriles is 1. The Morgan fingerprint density at radius 3 is 2.53 bits per heavy atom. The first kappa shape index (κ1) is 12.5. The minimum absolute atomic E-state index is 0.112. The summed E-state index contributed by atoms with van der Waals surface area (Å²) in [4.78, 5) is 13.1. The first-order valence-electron chi connectivity index (χ1n) is 4.90. The number of benzene rings is 1. The maximum absolute atomic E-state index is 11.8. The van der Waals surface area contributed by atoms with Gasteiger partial charge in [0.1, 0.15) is 5.75 Å². The maximum atomic E-state index is 11.8. The largest absolute Gasteiger partial charge is 0.508 e. The van der Waals surface area contributed by atoms with Crippen LogP contribution in [0.2, 0.25) is 0 Å². The molecule has 1 N–H and O–H groups in total. The van der Waals surface area contributed by atoms with Gasteiger partial charge in [0.15, 0.2) is 0 Å². The highest BCUT2D eigenvalue weighted by molar-refractivity contribution is 6.06. The van der Waals surface area contributed by atoms with Gasteiger partial charge in [-0.15, -0.1) is 0 Å². The number of carbonyl (C=O) groups excluding carboxylic acids is 1. The number of phenols is 1. The molecule has 0 aliphatic carbocycles. The van der Waals surface area contributed by atoms with Gasteiger partial charge in [0.25, 0.3) is 5.91 Å². The first-order chi connectivity index (χ1) is 8.06. The second kappa shape index (κ2) is 5.52. The highest BCUT2D eigenvalue weighted by atomic mass is 16.3. The molecule has 0 aliphatic rings. The molecule has 17 heavy (non-hydrogen) atoms. The van der Waals surface area contributed by atoms with E-state index in [9.17, 15) is 9.90 Å². The number of carbonyl (C=O) groups is 1. The Morgan fingerprint density at radius 2 is 2.06 bits per heavy atom. The second-order valence-electron chi connectivity index (χ2n) is 3.42. The average Bonchev–Trinajstić information content (AvgIpc) is 2.31. The van der Waals surface area contributed by atoms with Crippen molar-refractivity contribution in [3.8, 4) is 11.8 Å². The summed E-state index contributed by atoms with van der Waals surface area (Å²) in [6, 6.07) is 7.92. The van der Waals surface area contributed by atoms with E-state index in [0.717, 1.165) is 0 Å². The SMILES string of the molecule is C=C(C)C(=O)N(C=CC#N)c1ccc(O)cc1. The summed E-state index contributed by atoms with van der Waals surface area (Å²) in [5.74, 6) is -0.192. The standard InChI is InChI=1S/C13H12N2O2/c1-10(2)13(17)15(9-3-8-14)11-4-6-12(16)7-5-11/h3-7,9,16H,1H2,2H3. The number of amides is 1. The van der Waals surface area contributed by atoms with E-state index >= 15 is 0 Å². The molecule has 0 aromatic heterocycles. The van der Waals surface area contributed by atoms with Crippen molar-refractivity contribution in [2.45, 2.75) is 6.92 Å². The van der Waals surface area contributed by atoms with E-state index in [0.29, 0.717) is 11.3 Å². The molecular formula is C13H12N2O2. The summed E-state index contributed by atoms with van der Waals surface area (Å²) in [6.07, 6.45) is 2.57. The van der Waals surface area contributed by atoms with Gasteiger partial charge >= 0.3 is 0 Å². The summed E-state index contributed by atoms with van der Waals surface area (Å²) >= 11 is 0. The van der Waals surface area contributed by atoms with Crippen LogP contribution in [0, 0.1) is 11.3 Å². The third-order valence-corrected chi connectivity index (χ3v) is 2.01. The van der Waals surface area contributed by atoms with Crippen molar-refractivity contribution in [2.24, 2.45) is 0 Å². The lowest BCUT2D eigenvalue weighted by Crippen LogP contribution is -2.25. The van der Waals surface area contributed by atoms with Gasteiger partial charge in [-0.1, -0.05) is 6.58 Å². The molecule has 0 unspecified atom stereocenters. The lowest BCUT2D eigenvalue weighted by atomic mass is 10.2. The Hall–Kier alpha value is -2.54. The molecule has 0 bridgehead atoms. The number of anilines is 1. The van der Waals surface area contributed by atoms with Crippen molar-refractivity contribution in [3.05, 3.63) is 48.7 Å². The lowest BCUT2D eigenvalue weighted by Gasteiger charge is -2.18. The fraction of sp³-hybridized carbons (Fsp3) is 0.0769. The monoisotopic (exact) mass is 228 g/mol. The van der Waals surface area contributed by atoms with E-state index in [1.807, 2.05) is 6.07 Å². The van der Waals surface area contributed by atoms with Crippen LogP contribution in [0.3, 0.4) is 0 Å². The van der Waals surface area contributed by atoms with Crippen LogP contribution in [-0.4, -0.2) is 11.0 Å². The molecule has 0 heterocycles. The number of hydrogen-bond acceptors (Lipinski definition) is 3. The highest BCUT2D eigenvalue weighted by Crippen LogP contribution is 2.20. The van der Waals surface area contributed by atoms with Crippen LogP contribution in [-0.2, 0) is 4.79 Å². The van der Waals surface area contributed by atoms with Crippen LogP contribution in [0.1, 0.15) is 6.92 Å². The van der Waals surface area contributed by atoms with E-state index in [1.165, 1.54) is 29.3 Å². The molecule has 0 aliphatic heterocycles. The van der Waals surface area contributed by atoms with E-state index in [4.69, 9.17) is 5.26 Å². The van der Waals surface area contributed by atoms with Crippen molar-refractivity contribution in [1.82, 2.24) is 0 Å². The van der Waals surface area contributed by atoms with Crippen molar-refractivity contribution in [1.29, 1.82) is 5.26 Å². The maximum Gasteiger partial charge on any atom is 0.257 e. The smallest absolute Gasteiger partial charge is 0.257 e.